The summed E-state index contributed by atoms with van der Waals surface area (Å²) in [6, 6.07) is 12.9. The van der Waals surface area contributed by atoms with Crippen LogP contribution in [0.4, 0.5) is 4.39 Å². The third kappa shape index (κ3) is 3.59. The lowest BCUT2D eigenvalue weighted by Gasteiger charge is -2.19. The molecule has 1 amide bonds. The molecule has 8 heteroatoms. The van der Waals surface area contributed by atoms with Crippen molar-refractivity contribution in [2.24, 2.45) is 0 Å². The molecule has 4 aromatic rings. The largest absolute Gasteiger partial charge is 0.283 e. The van der Waals surface area contributed by atoms with E-state index in [9.17, 15) is 14.0 Å². The second-order valence-electron chi connectivity index (χ2n) is 7.96. The number of halogens is 1. The lowest BCUT2D eigenvalue weighted by atomic mass is 9.87. The highest BCUT2D eigenvalue weighted by Gasteiger charge is 2.16. The van der Waals surface area contributed by atoms with Gasteiger partial charge in [-0.1, -0.05) is 32.9 Å². The van der Waals surface area contributed by atoms with Crippen LogP contribution in [-0.4, -0.2) is 25.3 Å². The Bertz CT molecular complexity index is 1280. The standard InChI is InChI=1S/C22H20FN5O2/c1-22(2,3)15-6-4-14(5-7-15)20(29)26-27-13-24-19-18(21(27)30)12-25-28(19)17-10-8-16(23)9-11-17/h4-13H,1-3H3,(H,26,29). The number of carbonyl (C=O) groups excluding carboxylic acids is 1. The third-order valence-corrected chi connectivity index (χ3v) is 4.79. The number of hydrogen-bond acceptors (Lipinski definition) is 4. The van der Waals surface area contributed by atoms with Crippen molar-refractivity contribution in [3.8, 4) is 5.69 Å². The van der Waals surface area contributed by atoms with Crippen LogP contribution in [0.3, 0.4) is 0 Å². The average Bonchev–Trinajstić information content (AvgIpc) is 3.15. The van der Waals surface area contributed by atoms with Gasteiger partial charge < -0.3 is 0 Å². The molecule has 1 N–H and O–H groups in total. The second kappa shape index (κ2) is 7.22. The summed E-state index contributed by atoms with van der Waals surface area (Å²) in [6.07, 6.45) is 2.60. The summed E-state index contributed by atoms with van der Waals surface area (Å²) in [4.78, 5) is 29.6. The molecule has 0 saturated heterocycles. The van der Waals surface area contributed by atoms with Gasteiger partial charge in [0.25, 0.3) is 11.5 Å². The molecule has 0 bridgehead atoms. The van der Waals surface area contributed by atoms with E-state index in [2.05, 4.69) is 36.3 Å². The molecule has 0 aliphatic carbocycles. The molecule has 0 fully saturated rings. The van der Waals surface area contributed by atoms with Crippen LogP contribution in [0.5, 0.6) is 0 Å². The number of rotatable bonds is 3. The van der Waals surface area contributed by atoms with E-state index in [1.165, 1.54) is 41.5 Å². The van der Waals surface area contributed by atoms with E-state index in [0.29, 0.717) is 16.9 Å². The van der Waals surface area contributed by atoms with Gasteiger partial charge in [0.2, 0.25) is 0 Å². The van der Waals surface area contributed by atoms with Gasteiger partial charge in [-0.2, -0.15) is 5.10 Å². The topological polar surface area (TPSA) is 81.8 Å². The van der Waals surface area contributed by atoms with Gasteiger partial charge in [0.15, 0.2) is 5.65 Å². The van der Waals surface area contributed by atoms with E-state index in [4.69, 9.17) is 0 Å². The van der Waals surface area contributed by atoms with Crippen LogP contribution < -0.4 is 11.0 Å². The number of fused-ring (bicyclic) bond motifs is 1. The highest BCUT2D eigenvalue weighted by molar-refractivity contribution is 6.00. The first kappa shape index (κ1) is 19.5. The summed E-state index contributed by atoms with van der Waals surface area (Å²) in [5.41, 5.74) is 4.47. The Morgan fingerprint density at radius 3 is 2.33 bits per heavy atom. The summed E-state index contributed by atoms with van der Waals surface area (Å²) in [5, 5.41) is 4.40. The summed E-state index contributed by atoms with van der Waals surface area (Å²) < 4.78 is 15.6. The minimum Gasteiger partial charge on any atom is -0.267 e. The molecular weight excluding hydrogens is 385 g/mol. The number of aromatic nitrogens is 4. The highest BCUT2D eigenvalue weighted by Crippen LogP contribution is 2.22. The fraction of sp³-hybridized carbons (Fsp3) is 0.182. The zero-order valence-corrected chi connectivity index (χ0v) is 16.8. The van der Waals surface area contributed by atoms with Crippen molar-refractivity contribution in [2.45, 2.75) is 26.2 Å². The molecule has 0 atom stereocenters. The van der Waals surface area contributed by atoms with E-state index < -0.39 is 11.5 Å². The Labute approximate surface area is 171 Å². The normalized spacial score (nSPS) is 11.6. The van der Waals surface area contributed by atoms with Gasteiger partial charge in [-0.15, -0.1) is 0 Å². The number of nitrogens with zero attached hydrogens (tertiary/aromatic N) is 4. The van der Waals surface area contributed by atoms with Crippen LogP contribution in [0.25, 0.3) is 16.7 Å². The SMILES string of the molecule is CC(C)(C)c1ccc(C(=O)Nn2cnc3c(cnn3-c3ccc(F)cc3)c2=O)cc1. The van der Waals surface area contributed by atoms with Gasteiger partial charge >= 0.3 is 0 Å². The first-order valence-corrected chi connectivity index (χ1v) is 9.37. The van der Waals surface area contributed by atoms with Gasteiger partial charge in [-0.3, -0.25) is 15.0 Å². The van der Waals surface area contributed by atoms with Crippen LogP contribution in [-0.2, 0) is 5.41 Å². The number of nitrogens with one attached hydrogen (secondary N) is 1. The maximum Gasteiger partial charge on any atom is 0.283 e. The fourth-order valence-electron chi connectivity index (χ4n) is 3.06. The Morgan fingerprint density at radius 2 is 1.70 bits per heavy atom. The third-order valence-electron chi connectivity index (χ3n) is 4.79. The van der Waals surface area contributed by atoms with Gasteiger partial charge in [0.05, 0.1) is 11.9 Å². The van der Waals surface area contributed by atoms with Gasteiger partial charge in [-0.05, 0) is 47.4 Å². The zero-order valence-electron chi connectivity index (χ0n) is 16.8. The van der Waals surface area contributed by atoms with E-state index in [1.54, 1.807) is 12.1 Å². The predicted octanol–water partition coefficient (Wildman–Crippen LogP) is 3.40. The summed E-state index contributed by atoms with van der Waals surface area (Å²) in [7, 11) is 0. The van der Waals surface area contributed by atoms with Crippen molar-refractivity contribution in [1.29, 1.82) is 0 Å². The maximum absolute atomic E-state index is 13.2. The van der Waals surface area contributed by atoms with Crippen molar-refractivity contribution >= 4 is 16.9 Å². The van der Waals surface area contributed by atoms with E-state index in [0.717, 1.165) is 10.2 Å². The minimum atomic E-state index is -0.465. The first-order valence-electron chi connectivity index (χ1n) is 9.37. The summed E-state index contributed by atoms with van der Waals surface area (Å²) >= 11 is 0. The van der Waals surface area contributed by atoms with Gasteiger partial charge in [-0.25, -0.2) is 18.7 Å². The van der Waals surface area contributed by atoms with Crippen LogP contribution in [0.15, 0.2) is 65.8 Å². The molecule has 0 aliphatic heterocycles. The Kier molecular flexibility index (Phi) is 4.69. The quantitative estimate of drug-likeness (QED) is 0.566. The zero-order chi connectivity index (χ0) is 21.5. The number of benzene rings is 2. The molecule has 7 nitrogen and oxygen atoms in total. The Hall–Kier alpha value is -3.81. The lowest BCUT2D eigenvalue weighted by molar-refractivity contribution is 0.101. The maximum atomic E-state index is 13.2. The van der Waals surface area contributed by atoms with Crippen LogP contribution in [0.1, 0.15) is 36.7 Å². The average molecular weight is 405 g/mol. The second-order valence-corrected chi connectivity index (χ2v) is 7.96. The highest BCUT2D eigenvalue weighted by atomic mass is 19.1. The molecule has 152 valence electrons. The van der Waals surface area contributed by atoms with Crippen LogP contribution in [0, 0.1) is 5.82 Å². The first-order chi connectivity index (χ1) is 14.2. The van der Waals surface area contributed by atoms with E-state index in [1.807, 2.05) is 12.1 Å². The minimum absolute atomic E-state index is 0.0222. The van der Waals surface area contributed by atoms with E-state index in [-0.39, 0.29) is 16.6 Å². The molecule has 2 aromatic carbocycles. The predicted molar refractivity (Wildman–Crippen MR) is 112 cm³/mol. The van der Waals surface area contributed by atoms with Crippen molar-refractivity contribution in [2.75, 3.05) is 5.43 Å². The smallest absolute Gasteiger partial charge is 0.267 e. The van der Waals surface area contributed by atoms with E-state index >= 15 is 0 Å². The molecular formula is C22H20FN5O2. The molecule has 2 aromatic heterocycles. The number of amides is 1. The monoisotopic (exact) mass is 405 g/mol. The fourth-order valence-corrected chi connectivity index (χ4v) is 3.06. The van der Waals surface area contributed by atoms with Crippen LogP contribution in [0.2, 0.25) is 0 Å². The van der Waals surface area contributed by atoms with Crippen molar-refractivity contribution in [3.63, 3.8) is 0 Å². The summed E-state index contributed by atoms with van der Waals surface area (Å²) in [5.74, 6) is -0.798. The molecule has 4 rings (SSSR count). The number of hydrogen-bond donors (Lipinski definition) is 1. The van der Waals surface area contributed by atoms with Crippen molar-refractivity contribution < 1.29 is 9.18 Å². The molecule has 30 heavy (non-hydrogen) atoms. The van der Waals surface area contributed by atoms with Gasteiger partial charge in [0, 0.05) is 5.56 Å². The molecule has 0 spiro atoms. The molecule has 0 radical (unpaired) electrons. The molecule has 2 heterocycles. The van der Waals surface area contributed by atoms with Crippen molar-refractivity contribution in [1.82, 2.24) is 19.4 Å². The van der Waals surface area contributed by atoms with Crippen LogP contribution >= 0.6 is 0 Å². The Balaban J connectivity index is 1.62. The summed E-state index contributed by atoms with van der Waals surface area (Å²) in [6.45, 7) is 6.28. The molecule has 0 aliphatic rings. The molecule has 0 saturated carbocycles. The van der Waals surface area contributed by atoms with Crippen molar-refractivity contribution in [3.05, 3.63) is 88.4 Å². The van der Waals surface area contributed by atoms with Gasteiger partial charge in [0.1, 0.15) is 17.5 Å². The Morgan fingerprint density at radius 1 is 1.03 bits per heavy atom. The molecule has 0 unspecified atom stereocenters. The lowest BCUT2D eigenvalue weighted by Crippen LogP contribution is -2.33. The number of carbonyl (C=O) groups is 1.